The van der Waals surface area contributed by atoms with Crippen molar-refractivity contribution in [1.82, 2.24) is 9.78 Å². The first-order valence-corrected chi connectivity index (χ1v) is 6.07. The number of aromatic nitrogens is 2. The number of rotatable bonds is 2. The normalized spacial score (nSPS) is 12.0. The Morgan fingerprint density at radius 2 is 1.76 bits per heavy atom. The summed E-state index contributed by atoms with van der Waals surface area (Å²) in [6.07, 6.45) is 0. The zero-order valence-electron chi connectivity index (χ0n) is 11.1. The molecule has 2 aromatic rings. The predicted octanol–water partition coefficient (Wildman–Crippen LogP) is 3.96. The van der Waals surface area contributed by atoms with Crippen molar-refractivity contribution in [1.29, 1.82) is 0 Å². The van der Waals surface area contributed by atoms with Gasteiger partial charge in [-0.15, -0.1) is 0 Å². The summed E-state index contributed by atoms with van der Waals surface area (Å²) in [6, 6.07) is 3.56. The molecule has 0 saturated carbocycles. The number of hydrogen-bond acceptors (Lipinski definition) is 1. The minimum absolute atomic E-state index is 0.134. The molecule has 1 aromatic carbocycles. The summed E-state index contributed by atoms with van der Waals surface area (Å²) >= 11 is 0. The quantitative estimate of drug-likeness (QED) is 0.769. The molecule has 0 radical (unpaired) electrons. The first-order valence-electron chi connectivity index (χ1n) is 6.07. The molecule has 0 N–H and O–H groups in total. The van der Waals surface area contributed by atoms with Gasteiger partial charge in [-0.25, -0.2) is 4.39 Å². The lowest BCUT2D eigenvalue weighted by molar-refractivity contribution is 0.599. The van der Waals surface area contributed by atoms with Gasteiger partial charge in [-0.05, 0) is 23.5 Å². The van der Waals surface area contributed by atoms with Crippen molar-refractivity contribution in [3.8, 4) is 0 Å². The van der Waals surface area contributed by atoms with E-state index in [-0.39, 0.29) is 11.7 Å². The lowest BCUT2D eigenvalue weighted by atomic mass is 9.98. The van der Waals surface area contributed by atoms with Gasteiger partial charge in [0.2, 0.25) is 0 Å². The summed E-state index contributed by atoms with van der Waals surface area (Å²) in [5.41, 5.74) is 2.69. The van der Waals surface area contributed by atoms with Gasteiger partial charge in [-0.1, -0.05) is 27.7 Å². The molecular formula is C14H19FN2. The van der Waals surface area contributed by atoms with Gasteiger partial charge in [-0.2, -0.15) is 5.10 Å². The Bertz CT molecular complexity index is 553. The fourth-order valence-electron chi connectivity index (χ4n) is 2.19. The molecule has 17 heavy (non-hydrogen) atoms. The van der Waals surface area contributed by atoms with Crippen molar-refractivity contribution >= 4 is 10.9 Å². The Morgan fingerprint density at radius 3 is 2.29 bits per heavy atom. The van der Waals surface area contributed by atoms with Crippen LogP contribution < -0.4 is 0 Å². The van der Waals surface area contributed by atoms with E-state index in [0.29, 0.717) is 5.92 Å². The third kappa shape index (κ3) is 1.94. The number of hydrogen-bond donors (Lipinski definition) is 0. The van der Waals surface area contributed by atoms with Gasteiger partial charge < -0.3 is 0 Å². The van der Waals surface area contributed by atoms with Crippen LogP contribution in [0, 0.1) is 5.82 Å². The molecule has 2 rings (SSSR count). The summed E-state index contributed by atoms with van der Waals surface area (Å²) in [5.74, 6) is 0.412. The number of benzene rings is 1. The van der Waals surface area contributed by atoms with Crippen molar-refractivity contribution in [2.24, 2.45) is 7.05 Å². The van der Waals surface area contributed by atoms with Crippen molar-refractivity contribution < 1.29 is 4.39 Å². The van der Waals surface area contributed by atoms with Gasteiger partial charge in [-0.3, -0.25) is 4.68 Å². The van der Waals surface area contributed by atoms with Gasteiger partial charge in [0.25, 0.3) is 0 Å². The maximum atomic E-state index is 13.9. The number of nitrogens with zero attached hydrogens (tertiary/aromatic N) is 2. The van der Waals surface area contributed by atoms with E-state index >= 15 is 0 Å². The summed E-state index contributed by atoms with van der Waals surface area (Å²) in [7, 11) is 1.86. The molecule has 0 unspecified atom stereocenters. The van der Waals surface area contributed by atoms with Crippen molar-refractivity contribution in [3.63, 3.8) is 0 Å². The van der Waals surface area contributed by atoms with Crippen molar-refractivity contribution in [2.75, 3.05) is 0 Å². The second-order valence-electron chi connectivity index (χ2n) is 5.21. The first-order chi connectivity index (χ1) is 7.91. The maximum absolute atomic E-state index is 13.9. The van der Waals surface area contributed by atoms with Crippen LogP contribution in [0.3, 0.4) is 0 Å². The monoisotopic (exact) mass is 234 g/mol. The molecule has 0 spiro atoms. The Morgan fingerprint density at radius 1 is 1.12 bits per heavy atom. The van der Waals surface area contributed by atoms with Crippen LogP contribution in [0.4, 0.5) is 4.39 Å². The lowest BCUT2D eigenvalue weighted by Gasteiger charge is -2.08. The number of aryl methyl sites for hydroxylation is 1. The zero-order valence-corrected chi connectivity index (χ0v) is 11.1. The van der Waals surface area contributed by atoms with Crippen LogP contribution in [0.25, 0.3) is 10.9 Å². The van der Waals surface area contributed by atoms with E-state index in [9.17, 15) is 4.39 Å². The van der Waals surface area contributed by atoms with Gasteiger partial charge in [0, 0.05) is 18.5 Å². The number of fused-ring (bicyclic) bond motifs is 1. The SMILES string of the molecule is CC(C)c1cc2c(C(C)C)nn(C)c2cc1F. The van der Waals surface area contributed by atoms with E-state index in [4.69, 9.17) is 0 Å². The Kier molecular flexibility index (Phi) is 2.94. The molecule has 0 aliphatic rings. The fraction of sp³-hybridized carbons (Fsp3) is 0.500. The average molecular weight is 234 g/mol. The number of halogens is 1. The molecule has 0 bridgehead atoms. The molecule has 92 valence electrons. The minimum Gasteiger partial charge on any atom is -0.268 e. The van der Waals surface area contributed by atoms with Crippen LogP contribution >= 0.6 is 0 Å². The van der Waals surface area contributed by atoms with Crippen LogP contribution in [0.15, 0.2) is 12.1 Å². The molecule has 0 fully saturated rings. The summed E-state index contributed by atoms with van der Waals surface area (Å²) < 4.78 is 15.7. The molecule has 0 aliphatic heterocycles. The Hall–Kier alpha value is -1.38. The summed E-state index contributed by atoms with van der Waals surface area (Å²) in [5, 5.41) is 5.56. The smallest absolute Gasteiger partial charge is 0.128 e. The third-order valence-corrected chi connectivity index (χ3v) is 3.17. The van der Waals surface area contributed by atoms with Crippen LogP contribution in [0.1, 0.15) is 50.8 Å². The zero-order chi connectivity index (χ0) is 12.7. The largest absolute Gasteiger partial charge is 0.268 e. The highest BCUT2D eigenvalue weighted by atomic mass is 19.1. The minimum atomic E-state index is -0.134. The molecule has 1 heterocycles. The van der Waals surface area contributed by atoms with E-state index < -0.39 is 0 Å². The van der Waals surface area contributed by atoms with Crippen LogP contribution in [-0.4, -0.2) is 9.78 Å². The molecule has 0 aliphatic carbocycles. The Labute approximate surface area is 101 Å². The molecule has 0 saturated heterocycles. The fourth-order valence-corrected chi connectivity index (χ4v) is 2.19. The van der Waals surface area contributed by atoms with Crippen molar-refractivity contribution in [2.45, 2.75) is 39.5 Å². The highest BCUT2D eigenvalue weighted by Crippen LogP contribution is 2.29. The first kappa shape index (κ1) is 12.1. The van der Waals surface area contributed by atoms with E-state index in [1.807, 2.05) is 27.0 Å². The van der Waals surface area contributed by atoms with Gasteiger partial charge >= 0.3 is 0 Å². The van der Waals surface area contributed by atoms with E-state index in [1.54, 1.807) is 10.7 Å². The molecule has 0 amide bonds. The van der Waals surface area contributed by atoms with E-state index in [0.717, 1.165) is 22.2 Å². The lowest BCUT2D eigenvalue weighted by Crippen LogP contribution is -1.94. The topological polar surface area (TPSA) is 17.8 Å². The van der Waals surface area contributed by atoms with Crippen molar-refractivity contribution in [3.05, 3.63) is 29.2 Å². The second kappa shape index (κ2) is 4.13. The highest BCUT2D eigenvalue weighted by molar-refractivity contribution is 5.83. The van der Waals surface area contributed by atoms with Crippen LogP contribution in [-0.2, 0) is 7.05 Å². The standard InChI is InChI=1S/C14H19FN2/c1-8(2)10-6-11-13(7-12(10)15)17(5)16-14(11)9(3)4/h6-9H,1-5H3. The molecule has 3 heteroatoms. The molecule has 0 atom stereocenters. The summed E-state index contributed by atoms with van der Waals surface area (Å²) in [4.78, 5) is 0. The molecule has 1 aromatic heterocycles. The molecular weight excluding hydrogens is 215 g/mol. The second-order valence-corrected chi connectivity index (χ2v) is 5.21. The van der Waals surface area contributed by atoms with E-state index in [1.165, 1.54) is 0 Å². The van der Waals surface area contributed by atoms with Crippen LogP contribution in [0.2, 0.25) is 0 Å². The average Bonchev–Trinajstić information content (AvgIpc) is 2.55. The maximum Gasteiger partial charge on any atom is 0.128 e. The highest BCUT2D eigenvalue weighted by Gasteiger charge is 2.16. The Balaban J connectivity index is 2.77. The summed E-state index contributed by atoms with van der Waals surface area (Å²) in [6.45, 7) is 8.24. The molecule has 2 nitrogen and oxygen atoms in total. The van der Waals surface area contributed by atoms with Gasteiger partial charge in [0.05, 0.1) is 11.2 Å². The van der Waals surface area contributed by atoms with Crippen LogP contribution in [0.5, 0.6) is 0 Å². The van der Waals surface area contributed by atoms with E-state index in [2.05, 4.69) is 18.9 Å². The van der Waals surface area contributed by atoms with Gasteiger partial charge in [0.15, 0.2) is 0 Å². The third-order valence-electron chi connectivity index (χ3n) is 3.17. The van der Waals surface area contributed by atoms with Gasteiger partial charge in [0.1, 0.15) is 5.82 Å². The predicted molar refractivity (Wildman–Crippen MR) is 68.9 cm³/mol.